The third-order valence-corrected chi connectivity index (χ3v) is 5.93. The molecule has 152 valence electrons. The average molecular weight is 412 g/mol. The van der Waals surface area contributed by atoms with Gasteiger partial charge in [0.15, 0.2) is 0 Å². The number of aryl methyl sites for hydroxylation is 2. The fraction of sp³-hybridized carbons (Fsp3) is 0.0714. The number of fused-ring (bicyclic) bond motifs is 5. The Morgan fingerprint density at radius 2 is 1.28 bits per heavy atom. The molecule has 0 bridgehead atoms. The standard InChI is InChI=1S/C28H20N4/c1-17-5-12-22(30-16-17)23-13-6-18(2)26(31-23)24-14-11-21-10-8-19-7-9-20-4-3-15-29-27(20)25(19)28(21)32-24/h3-16H,1-2H3. The van der Waals surface area contributed by atoms with Gasteiger partial charge in [-0.2, -0.15) is 0 Å². The first kappa shape index (κ1) is 18.6. The first-order chi connectivity index (χ1) is 15.7. The predicted molar refractivity (Wildman–Crippen MR) is 130 cm³/mol. The Morgan fingerprint density at radius 3 is 2.09 bits per heavy atom. The summed E-state index contributed by atoms with van der Waals surface area (Å²) in [5.74, 6) is 0. The maximum atomic E-state index is 5.11. The van der Waals surface area contributed by atoms with Gasteiger partial charge in [0, 0.05) is 28.6 Å². The molecule has 2 aromatic carbocycles. The zero-order valence-corrected chi connectivity index (χ0v) is 17.9. The van der Waals surface area contributed by atoms with Gasteiger partial charge in [-0.05, 0) is 54.6 Å². The highest BCUT2D eigenvalue weighted by Gasteiger charge is 2.13. The van der Waals surface area contributed by atoms with Gasteiger partial charge in [-0.1, -0.05) is 48.5 Å². The number of aromatic nitrogens is 4. The van der Waals surface area contributed by atoms with Gasteiger partial charge < -0.3 is 0 Å². The maximum absolute atomic E-state index is 5.11. The van der Waals surface area contributed by atoms with Gasteiger partial charge in [0.05, 0.1) is 33.8 Å². The Labute approximate surface area is 185 Å². The van der Waals surface area contributed by atoms with Crippen LogP contribution < -0.4 is 0 Å². The largest absolute Gasteiger partial charge is 0.256 e. The monoisotopic (exact) mass is 412 g/mol. The molecule has 6 rings (SSSR count). The summed E-state index contributed by atoms with van der Waals surface area (Å²) in [5, 5.41) is 4.42. The number of hydrogen-bond donors (Lipinski definition) is 0. The van der Waals surface area contributed by atoms with Gasteiger partial charge in [0.2, 0.25) is 0 Å². The summed E-state index contributed by atoms with van der Waals surface area (Å²) in [6.07, 6.45) is 3.71. The van der Waals surface area contributed by atoms with Gasteiger partial charge >= 0.3 is 0 Å². The fourth-order valence-electron chi connectivity index (χ4n) is 4.21. The van der Waals surface area contributed by atoms with Crippen molar-refractivity contribution >= 4 is 32.6 Å². The molecule has 0 fully saturated rings. The molecule has 0 saturated carbocycles. The van der Waals surface area contributed by atoms with E-state index in [-0.39, 0.29) is 0 Å². The third kappa shape index (κ3) is 3.00. The molecule has 4 nitrogen and oxygen atoms in total. The lowest BCUT2D eigenvalue weighted by molar-refractivity contribution is 1.19. The Hall–Kier alpha value is -4.18. The van der Waals surface area contributed by atoms with Crippen LogP contribution in [0.1, 0.15) is 11.1 Å². The van der Waals surface area contributed by atoms with Crippen LogP contribution in [0.2, 0.25) is 0 Å². The van der Waals surface area contributed by atoms with E-state index in [2.05, 4.69) is 71.5 Å². The molecule has 0 spiro atoms. The fourth-order valence-corrected chi connectivity index (χ4v) is 4.21. The van der Waals surface area contributed by atoms with E-state index in [1.807, 2.05) is 37.5 Å². The van der Waals surface area contributed by atoms with Gasteiger partial charge in [-0.25, -0.2) is 9.97 Å². The highest BCUT2D eigenvalue weighted by Crippen LogP contribution is 2.32. The number of rotatable bonds is 2. The Balaban J connectivity index is 1.60. The number of benzene rings is 2. The SMILES string of the molecule is Cc1ccc(-c2ccc(C)c(-c3ccc4ccc5ccc6cccnc6c5c4n3)n2)nc1. The topological polar surface area (TPSA) is 51.6 Å². The van der Waals surface area contributed by atoms with E-state index < -0.39 is 0 Å². The summed E-state index contributed by atoms with van der Waals surface area (Å²) < 4.78 is 0. The molecule has 32 heavy (non-hydrogen) atoms. The van der Waals surface area contributed by atoms with Crippen molar-refractivity contribution in [2.45, 2.75) is 13.8 Å². The molecule has 6 aromatic rings. The predicted octanol–water partition coefficient (Wildman–Crippen LogP) is 6.68. The normalized spacial score (nSPS) is 11.4. The van der Waals surface area contributed by atoms with Crippen molar-refractivity contribution < 1.29 is 0 Å². The number of hydrogen-bond acceptors (Lipinski definition) is 4. The van der Waals surface area contributed by atoms with Gasteiger partial charge in [0.1, 0.15) is 0 Å². The van der Waals surface area contributed by atoms with Crippen LogP contribution >= 0.6 is 0 Å². The lowest BCUT2D eigenvalue weighted by Crippen LogP contribution is -1.96. The van der Waals surface area contributed by atoms with Crippen LogP contribution in [0.15, 0.2) is 85.2 Å². The molecule has 0 amide bonds. The molecule has 4 aromatic heterocycles. The summed E-state index contributed by atoms with van der Waals surface area (Å²) in [6.45, 7) is 4.10. The van der Waals surface area contributed by atoms with Crippen molar-refractivity contribution in [3.63, 3.8) is 0 Å². The zero-order valence-electron chi connectivity index (χ0n) is 17.9. The van der Waals surface area contributed by atoms with E-state index in [1.54, 1.807) is 0 Å². The first-order valence-corrected chi connectivity index (χ1v) is 10.7. The molecule has 0 aliphatic rings. The number of nitrogens with zero attached hydrogens (tertiary/aromatic N) is 4. The summed E-state index contributed by atoms with van der Waals surface area (Å²) in [7, 11) is 0. The van der Waals surface area contributed by atoms with E-state index >= 15 is 0 Å². The molecule has 0 N–H and O–H groups in total. The second-order valence-electron chi connectivity index (χ2n) is 8.16. The van der Waals surface area contributed by atoms with Crippen LogP contribution in [0.3, 0.4) is 0 Å². The quantitative estimate of drug-likeness (QED) is 0.298. The molecule has 0 saturated heterocycles. The van der Waals surface area contributed by atoms with E-state index in [0.29, 0.717) is 0 Å². The molecule has 0 unspecified atom stereocenters. The van der Waals surface area contributed by atoms with Crippen molar-refractivity contribution in [1.82, 2.24) is 19.9 Å². The summed E-state index contributed by atoms with van der Waals surface area (Å²) in [6, 6.07) is 24.9. The van der Waals surface area contributed by atoms with Gasteiger partial charge in [0.25, 0.3) is 0 Å². The smallest absolute Gasteiger partial charge is 0.0923 e. The molecule has 0 atom stereocenters. The lowest BCUT2D eigenvalue weighted by Gasteiger charge is -2.11. The maximum Gasteiger partial charge on any atom is 0.0923 e. The Bertz CT molecular complexity index is 1630. The zero-order chi connectivity index (χ0) is 21.7. The highest BCUT2D eigenvalue weighted by molar-refractivity contribution is 6.17. The third-order valence-electron chi connectivity index (χ3n) is 5.93. The van der Waals surface area contributed by atoms with E-state index in [0.717, 1.165) is 66.5 Å². The van der Waals surface area contributed by atoms with E-state index in [4.69, 9.17) is 9.97 Å². The second kappa shape index (κ2) is 7.20. The van der Waals surface area contributed by atoms with Crippen molar-refractivity contribution in [2.75, 3.05) is 0 Å². The molecule has 0 aliphatic carbocycles. The van der Waals surface area contributed by atoms with Crippen LogP contribution in [0.25, 0.3) is 55.4 Å². The lowest BCUT2D eigenvalue weighted by atomic mass is 10.0. The molecule has 4 heterocycles. The summed E-state index contributed by atoms with van der Waals surface area (Å²) in [4.78, 5) is 19.3. The van der Waals surface area contributed by atoms with Crippen LogP contribution in [0, 0.1) is 13.8 Å². The average Bonchev–Trinajstić information content (AvgIpc) is 2.84. The van der Waals surface area contributed by atoms with Crippen LogP contribution in [-0.2, 0) is 0 Å². The minimum atomic E-state index is 0.845. The van der Waals surface area contributed by atoms with Crippen molar-refractivity contribution in [3.05, 3.63) is 96.3 Å². The van der Waals surface area contributed by atoms with Gasteiger partial charge in [-0.15, -0.1) is 0 Å². The number of pyridine rings is 4. The second-order valence-corrected chi connectivity index (χ2v) is 8.16. The minimum Gasteiger partial charge on any atom is -0.256 e. The van der Waals surface area contributed by atoms with E-state index in [9.17, 15) is 0 Å². The van der Waals surface area contributed by atoms with Crippen LogP contribution in [-0.4, -0.2) is 19.9 Å². The molecule has 0 aliphatic heterocycles. The Morgan fingerprint density at radius 1 is 0.562 bits per heavy atom. The first-order valence-electron chi connectivity index (χ1n) is 10.7. The molecular formula is C28H20N4. The Kier molecular flexibility index (Phi) is 4.18. The molecule has 4 heteroatoms. The minimum absolute atomic E-state index is 0.845. The van der Waals surface area contributed by atoms with Crippen molar-refractivity contribution in [1.29, 1.82) is 0 Å². The van der Waals surface area contributed by atoms with E-state index in [1.165, 1.54) is 0 Å². The summed E-state index contributed by atoms with van der Waals surface area (Å²) in [5.41, 5.74) is 7.56. The van der Waals surface area contributed by atoms with Crippen molar-refractivity contribution in [2.24, 2.45) is 0 Å². The molecule has 0 radical (unpaired) electrons. The van der Waals surface area contributed by atoms with Gasteiger partial charge in [-0.3, -0.25) is 9.97 Å². The summed E-state index contributed by atoms with van der Waals surface area (Å²) >= 11 is 0. The van der Waals surface area contributed by atoms with Crippen LogP contribution in [0.5, 0.6) is 0 Å². The molecular weight excluding hydrogens is 392 g/mol. The van der Waals surface area contributed by atoms with Crippen molar-refractivity contribution in [3.8, 4) is 22.8 Å². The highest BCUT2D eigenvalue weighted by atomic mass is 14.8. The van der Waals surface area contributed by atoms with Crippen LogP contribution in [0.4, 0.5) is 0 Å².